The van der Waals surface area contributed by atoms with E-state index < -0.39 is 0 Å². The Hall–Kier alpha value is -0.650. The van der Waals surface area contributed by atoms with E-state index in [1.165, 1.54) is 16.4 Å². The molecule has 1 aromatic carbocycles. The van der Waals surface area contributed by atoms with Gasteiger partial charge in [0.25, 0.3) is 0 Å². The molecule has 0 radical (unpaired) electrons. The van der Waals surface area contributed by atoms with Gasteiger partial charge in [-0.1, -0.05) is 5.22 Å². The molecule has 0 unspecified atom stereocenters. The van der Waals surface area contributed by atoms with E-state index in [2.05, 4.69) is 32.9 Å². The van der Waals surface area contributed by atoms with Gasteiger partial charge in [-0.05, 0) is 59.7 Å². The lowest BCUT2D eigenvalue weighted by Gasteiger charge is -2.06. The lowest BCUT2D eigenvalue weighted by atomic mass is 10.3. The number of hydrogen-bond acceptors (Lipinski definition) is 2. The minimum absolute atomic E-state index is 0.928. The molecule has 3 nitrogen and oxygen atoms in total. The number of rotatable bonds is 2. The van der Waals surface area contributed by atoms with E-state index >= 15 is 0 Å². The minimum atomic E-state index is 0.928. The van der Waals surface area contributed by atoms with Gasteiger partial charge in [0.1, 0.15) is 0 Å². The fraction of sp³-hybridized carbons (Fsp3) is 0.400. The SMILES string of the molecule is Ic1ccc(N=NN2CCCC2)cc1. The summed E-state index contributed by atoms with van der Waals surface area (Å²) in [5.41, 5.74) is 0.928. The summed E-state index contributed by atoms with van der Waals surface area (Å²) in [6, 6.07) is 8.06. The van der Waals surface area contributed by atoms with Gasteiger partial charge in [-0.25, -0.2) is 0 Å². The van der Waals surface area contributed by atoms with Gasteiger partial charge in [0.2, 0.25) is 0 Å². The van der Waals surface area contributed by atoms with Crippen LogP contribution in [0.1, 0.15) is 12.8 Å². The second-order valence-corrected chi connectivity index (χ2v) is 4.57. The van der Waals surface area contributed by atoms with Crippen molar-refractivity contribution in [1.82, 2.24) is 5.01 Å². The van der Waals surface area contributed by atoms with Crippen molar-refractivity contribution in [3.63, 3.8) is 0 Å². The number of benzene rings is 1. The van der Waals surface area contributed by atoms with Crippen LogP contribution in [0.4, 0.5) is 5.69 Å². The van der Waals surface area contributed by atoms with Crippen LogP contribution in [0.5, 0.6) is 0 Å². The Morgan fingerprint density at radius 3 is 2.36 bits per heavy atom. The smallest absolute Gasteiger partial charge is 0.0874 e. The molecule has 4 heteroatoms. The molecule has 0 saturated carbocycles. The number of nitrogens with zero attached hydrogens (tertiary/aromatic N) is 3. The Morgan fingerprint density at radius 1 is 1.07 bits per heavy atom. The largest absolute Gasteiger partial charge is 0.278 e. The molecule has 0 aromatic heterocycles. The molecule has 2 rings (SSSR count). The van der Waals surface area contributed by atoms with Crippen LogP contribution in [0.25, 0.3) is 0 Å². The van der Waals surface area contributed by atoms with E-state index in [1.54, 1.807) is 0 Å². The van der Waals surface area contributed by atoms with E-state index in [9.17, 15) is 0 Å². The maximum absolute atomic E-state index is 4.18. The molecule has 1 saturated heterocycles. The van der Waals surface area contributed by atoms with E-state index in [0.29, 0.717) is 0 Å². The van der Waals surface area contributed by atoms with Crippen LogP contribution in [0, 0.1) is 3.57 Å². The summed E-state index contributed by atoms with van der Waals surface area (Å²) in [4.78, 5) is 0. The first kappa shape index (κ1) is 9.89. The first-order chi connectivity index (χ1) is 6.84. The number of halogens is 1. The van der Waals surface area contributed by atoms with Gasteiger partial charge in [0.15, 0.2) is 0 Å². The van der Waals surface area contributed by atoms with Crippen molar-refractivity contribution < 1.29 is 0 Å². The topological polar surface area (TPSA) is 28.0 Å². The highest BCUT2D eigenvalue weighted by Gasteiger charge is 2.07. The summed E-state index contributed by atoms with van der Waals surface area (Å²) in [5, 5.41) is 10.4. The standard InChI is InChI=1S/C10H12IN3/c11-9-3-5-10(6-4-9)12-13-14-7-1-2-8-14/h3-6H,1-2,7-8H2. The maximum Gasteiger partial charge on any atom is 0.0874 e. The molecule has 1 fully saturated rings. The highest BCUT2D eigenvalue weighted by Crippen LogP contribution is 2.16. The van der Waals surface area contributed by atoms with Crippen LogP contribution in [0.2, 0.25) is 0 Å². The van der Waals surface area contributed by atoms with Crippen molar-refractivity contribution in [3.05, 3.63) is 27.8 Å². The van der Waals surface area contributed by atoms with Gasteiger partial charge in [-0.15, -0.1) is 5.11 Å². The quantitative estimate of drug-likeness (QED) is 0.608. The van der Waals surface area contributed by atoms with Crippen LogP contribution in [0.15, 0.2) is 34.6 Å². The van der Waals surface area contributed by atoms with Crippen molar-refractivity contribution in [1.29, 1.82) is 0 Å². The fourth-order valence-corrected chi connectivity index (χ4v) is 1.77. The molecule has 1 aliphatic rings. The Morgan fingerprint density at radius 2 is 1.71 bits per heavy atom. The molecular weight excluding hydrogens is 289 g/mol. The Bertz CT molecular complexity index is 315. The van der Waals surface area contributed by atoms with Gasteiger partial charge in [-0.3, -0.25) is 5.01 Å². The molecule has 1 aromatic rings. The summed E-state index contributed by atoms with van der Waals surface area (Å²) < 4.78 is 1.22. The zero-order chi connectivity index (χ0) is 9.80. The maximum atomic E-state index is 4.18. The van der Waals surface area contributed by atoms with Gasteiger partial charge >= 0.3 is 0 Å². The molecule has 1 aliphatic heterocycles. The molecule has 14 heavy (non-hydrogen) atoms. The predicted octanol–water partition coefficient (Wildman–Crippen LogP) is 3.39. The molecule has 0 spiro atoms. The Kier molecular flexibility index (Phi) is 3.34. The fourth-order valence-electron chi connectivity index (χ4n) is 1.41. The zero-order valence-corrected chi connectivity index (χ0v) is 10.0. The third-order valence-electron chi connectivity index (χ3n) is 2.20. The molecule has 0 atom stereocenters. The molecule has 0 aliphatic carbocycles. The lowest BCUT2D eigenvalue weighted by Crippen LogP contribution is -2.09. The zero-order valence-electron chi connectivity index (χ0n) is 7.86. The Labute approximate surface area is 97.3 Å². The normalized spacial score (nSPS) is 16.8. The van der Waals surface area contributed by atoms with Gasteiger partial charge in [0, 0.05) is 16.7 Å². The predicted molar refractivity (Wildman–Crippen MR) is 64.5 cm³/mol. The third kappa shape index (κ3) is 2.67. The number of hydrogen-bond donors (Lipinski definition) is 0. The third-order valence-corrected chi connectivity index (χ3v) is 2.91. The van der Waals surface area contributed by atoms with Gasteiger partial charge < -0.3 is 0 Å². The molecule has 0 bridgehead atoms. The molecular formula is C10H12IN3. The summed E-state index contributed by atoms with van der Waals surface area (Å²) in [6.45, 7) is 2.10. The summed E-state index contributed by atoms with van der Waals surface area (Å²) in [5.74, 6) is 0. The van der Waals surface area contributed by atoms with Crippen molar-refractivity contribution in [3.8, 4) is 0 Å². The van der Waals surface area contributed by atoms with Crippen molar-refractivity contribution >= 4 is 28.3 Å². The van der Waals surface area contributed by atoms with Crippen molar-refractivity contribution in [2.45, 2.75) is 12.8 Å². The summed E-state index contributed by atoms with van der Waals surface area (Å²) >= 11 is 2.28. The van der Waals surface area contributed by atoms with Crippen molar-refractivity contribution in [2.24, 2.45) is 10.3 Å². The molecule has 1 heterocycles. The molecule has 0 N–H and O–H groups in total. The van der Waals surface area contributed by atoms with E-state index in [0.717, 1.165) is 18.8 Å². The average Bonchev–Trinajstić information content (AvgIpc) is 2.70. The van der Waals surface area contributed by atoms with E-state index in [4.69, 9.17) is 0 Å². The van der Waals surface area contributed by atoms with Crippen LogP contribution in [-0.2, 0) is 0 Å². The lowest BCUT2D eigenvalue weighted by molar-refractivity contribution is 0.336. The first-order valence-electron chi connectivity index (χ1n) is 4.77. The summed E-state index contributed by atoms with van der Waals surface area (Å²) in [6.07, 6.45) is 2.48. The van der Waals surface area contributed by atoms with Crippen molar-refractivity contribution in [2.75, 3.05) is 13.1 Å². The van der Waals surface area contributed by atoms with Crippen LogP contribution < -0.4 is 0 Å². The van der Waals surface area contributed by atoms with E-state index in [1.807, 2.05) is 29.3 Å². The molecule has 74 valence electrons. The second kappa shape index (κ2) is 4.72. The average molecular weight is 301 g/mol. The van der Waals surface area contributed by atoms with Crippen LogP contribution >= 0.6 is 22.6 Å². The molecule has 0 amide bonds. The van der Waals surface area contributed by atoms with Crippen LogP contribution in [0.3, 0.4) is 0 Å². The monoisotopic (exact) mass is 301 g/mol. The minimum Gasteiger partial charge on any atom is -0.278 e. The highest BCUT2D eigenvalue weighted by molar-refractivity contribution is 14.1. The van der Waals surface area contributed by atoms with E-state index in [-0.39, 0.29) is 0 Å². The second-order valence-electron chi connectivity index (χ2n) is 3.33. The summed E-state index contributed by atoms with van der Waals surface area (Å²) in [7, 11) is 0. The van der Waals surface area contributed by atoms with Gasteiger partial charge in [0.05, 0.1) is 5.69 Å². The Balaban J connectivity index is 1.99. The highest BCUT2D eigenvalue weighted by atomic mass is 127. The van der Waals surface area contributed by atoms with Crippen LogP contribution in [-0.4, -0.2) is 18.1 Å². The van der Waals surface area contributed by atoms with Gasteiger partial charge in [-0.2, -0.15) is 0 Å². The first-order valence-corrected chi connectivity index (χ1v) is 5.85.